The molecule has 0 atom stereocenters. The number of Topliss-reactive ketones (excluding diaryl/α,β-unsaturated/α-hetero) is 1. The SMILES string of the molecule is CC(=O)c1nccn1S(=O)(=O)c1ccc(C)cc1. The van der Waals surface area contributed by atoms with E-state index < -0.39 is 15.8 Å². The molecule has 0 saturated heterocycles. The molecular formula is C12H12N2O3S. The molecule has 0 fully saturated rings. The summed E-state index contributed by atoms with van der Waals surface area (Å²) >= 11 is 0. The van der Waals surface area contributed by atoms with Crippen molar-refractivity contribution in [3.05, 3.63) is 48.0 Å². The largest absolute Gasteiger partial charge is 0.291 e. The minimum atomic E-state index is -3.75. The molecular weight excluding hydrogens is 252 g/mol. The molecule has 0 N–H and O–H groups in total. The summed E-state index contributed by atoms with van der Waals surface area (Å²) < 4.78 is 25.5. The van der Waals surface area contributed by atoms with Crippen molar-refractivity contribution in [2.24, 2.45) is 0 Å². The molecule has 18 heavy (non-hydrogen) atoms. The molecule has 2 rings (SSSR count). The number of aromatic nitrogens is 2. The van der Waals surface area contributed by atoms with Gasteiger partial charge in [0.2, 0.25) is 0 Å². The van der Waals surface area contributed by atoms with Gasteiger partial charge in [-0.25, -0.2) is 17.4 Å². The predicted octanol–water partition coefficient (Wildman–Crippen LogP) is 1.63. The molecule has 0 aliphatic heterocycles. The average molecular weight is 264 g/mol. The highest BCUT2D eigenvalue weighted by molar-refractivity contribution is 7.90. The molecule has 0 radical (unpaired) electrons. The maximum atomic E-state index is 12.3. The number of carbonyl (C=O) groups is 1. The van der Waals surface area contributed by atoms with E-state index in [1.165, 1.54) is 31.5 Å². The summed E-state index contributed by atoms with van der Waals surface area (Å²) in [5.41, 5.74) is 0.964. The van der Waals surface area contributed by atoms with E-state index in [4.69, 9.17) is 0 Å². The second kappa shape index (κ2) is 4.38. The zero-order valence-electron chi connectivity index (χ0n) is 9.99. The van der Waals surface area contributed by atoms with Crippen LogP contribution in [-0.2, 0) is 10.0 Å². The minimum Gasteiger partial charge on any atom is -0.291 e. The Morgan fingerprint density at radius 1 is 1.22 bits per heavy atom. The fraction of sp³-hybridized carbons (Fsp3) is 0.167. The van der Waals surface area contributed by atoms with E-state index in [0.717, 1.165) is 9.54 Å². The molecule has 0 aliphatic rings. The van der Waals surface area contributed by atoms with Crippen LogP contribution in [0.4, 0.5) is 0 Å². The van der Waals surface area contributed by atoms with Crippen LogP contribution in [0.1, 0.15) is 23.1 Å². The molecule has 5 nitrogen and oxygen atoms in total. The van der Waals surface area contributed by atoms with Crippen molar-refractivity contribution >= 4 is 15.8 Å². The summed E-state index contributed by atoms with van der Waals surface area (Å²) in [7, 11) is -3.75. The monoisotopic (exact) mass is 264 g/mol. The molecule has 0 amide bonds. The molecule has 1 aromatic heterocycles. The van der Waals surface area contributed by atoms with Crippen molar-refractivity contribution in [3.8, 4) is 0 Å². The number of carbonyl (C=O) groups excluding carboxylic acids is 1. The molecule has 0 spiro atoms. The van der Waals surface area contributed by atoms with Gasteiger partial charge in [-0.05, 0) is 19.1 Å². The molecule has 0 aliphatic carbocycles. The minimum absolute atomic E-state index is 0.0874. The van der Waals surface area contributed by atoms with E-state index in [-0.39, 0.29) is 10.7 Å². The van der Waals surface area contributed by atoms with Crippen LogP contribution in [-0.4, -0.2) is 23.2 Å². The topological polar surface area (TPSA) is 69.0 Å². The van der Waals surface area contributed by atoms with Crippen molar-refractivity contribution in [2.45, 2.75) is 18.7 Å². The Hall–Kier alpha value is -1.95. The van der Waals surface area contributed by atoms with Gasteiger partial charge in [-0.3, -0.25) is 4.79 Å². The summed E-state index contributed by atoms with van der Waals surface area (Å²) in [6.45, 7) is 3.15. The standard InChI is InChI=1S/C12H12N2O3S/c1-9-3-5-11(6-4-9)18(16,17)14-8-7-13-12(14)10(2)15/h3-8H,1-2H3. The Morgan fingerprint density at radius 3 is 2.39 bits per heavy atom. The Balaban J connectivity index is 2.58. The summed E-state index contributed by atoms with van der Waals surface area (Å²) in [6, 6.07) is 6.43. The average Bonchev–Trinajstić information content (AvgIpc) is 2.79. The lowest BCUT2D eigenvalue weighted by atomic mass is 10.2. The van der Waals surface area contributed by atoms with Crippen LogP contribution >= 0.6 is 0 Å². The summed E-state index contributed by atoms with van der Waals surface area (Å²) in [5.74, 6) is -0.480. The van der Waals surface area contributed by atoms with E-state index >= 15 is 0 Å². The van der Waals surface area contributed by atoms with E-state index in [1.807, 2.05) is 6.92 Å². The fourth-order valence-corrected chi connectivity index (χ4v) is 2.88. The van der Waals surface area contributed by atoms with Crippen molar-refractivity contribution < 1.29 is 13.2 Å². The highest BCUT2D eigenvalue weighted by Crippen LogP contribution is 2.16. The molecule has 2 aromatic rings. The van der Waals surface area contributed by atoms with E-state index in [9.17, 15) is 13.2 Å². The van der Waals surface area contributed by atoms with Gasteiger partial charge in [0, 0.05) is 19.3 Å². The second-order valence-electron chi connectivity index (χ2n) is 3.92. The Bertz CT molecular complexity index is 684. The highest BCUT2D eigenvalue weighted by Gasteiger charge is 2.21. The van der Waals surface area contributed by atoms with Crippen LogP contribution in [0.5, 0.6) is 0 Å². The lowest BCUT2D eigenvalue weighted by molar-refractivity contribution is 0.100. The van der Waals surface area contributed by atoms with Crippen molar-refractivity contribution in [2.75, 3.05) is 0 Å². The third kappa shape index (κ3) is 2.06. The first-order valence-electron chi connectivity index (χ1n) is 5.29. The fourth-order valence-electron chi connectivity index (χ4n) is 1.56. The van der Waals surface area contributed by atoms with Gasteiger partial charge in [-0.2, -0.15) is 0 Å². The molecule has 1 heterocycles. The van der Waals surface area contributed by atoms with E-state index in [0.29, 0.717) is 0 Å². The van der Waals surface area contributed by atoms with Gasteiger partial charge >= 0.3 is 0 Å². The predicted molar refractivity (Wildman–Crippen MR) is 66.0 cm³/mol. The number of hydrogen-bond donors (Lipinski definition) is 0. The molecule has 94 valence electrons. The third-order valence-corrected chi connectivity index (χ3v) is 4.18. The third-order valence-electron chi connectivity index (χ3n) is 2.50. The summed E-state index contributed by atoms with van der Waals surface area (Å²) in [6.07, 6.45) is 2.56. The van der Waals surface area contributed by atoms with Gasteiger partial charge in [-0.1, -0.05) is 17.7 Å². The summed E-state index contributed by atoms with van der Waals surface area (Å²) in [4.78, 5) is 15.2. The van der Waals surface area contributed by atoms with Crippen molar-refractivity contribution in [1.82, 2.24) is 8.96 Å². The van der Waals surface area contributed by atoms with Crippen LogP contribution in [0, 0.1) is 6.92 Å². The van der Waals surface area contributed by atoms with Gasteiger partial charge < -0.3 is 0 Å². The summed E-state index contributed by atoms with van der Waals surface area (Å²) in [5, 5.41) is 0. The van der Waals surface area contributed by atoms with Crippen LogP contribution in [0.3, 0.4) is 0 Å². The highest BCUT2D eigenvalue weighted by atomic mass is 32.2. The van der Waals surface area contributed by atoms with Crippen LogP contribution in [0.25, 0.3) is 0 Å². The van der Waals surface area contributed by atoms with E-state index in [2.05, 4.69) is 4.98 Å². The lowest BCUT2D eigenvalue weighted by Gasteiger charge is -2.07. The maximum Gasteiger partial charge on any atom is 0.269 e. The van der Waals surface area contributed by atoms with Gasteiger partial charge in [0.15, 0.2) is 11.6 Å². The van der Waals surface area contributed by atoms with Gasteiger partial charge in [0.05, 0.1) is 4.90 Å². The quantitative estimate of drug-likeness (QED) is 0.790. The zero-order valence-corrected chi connectivity index (χ0v) is 10.8. The smallest absolute Gasteiger partial charge is 0.269 e. The Morgan fingerprint density at radius 2 is 1.83 bits per heavy atom. The first kappa shape index (κ1) is 12.5. The van der Waals surface area contributed by atoms with Gasteiger partial charge in [-0.15, -0.1) is 0 Å². The molecule has 6 heteroatoms. The Labute approximate surface area is 105 Å². The maximum absolute atomic E-state index is 12.3. The Kier molecular flexibility index (Phi) is 3.04. The molecule has 0 saturated carbocycles. The lowest BCUT2D eigenvalue weighted by Crippen LogP contribution is -2.17. The van der Waals surface area contributed by atoms with Crippen molar-refractivity contribution in [1.29, 1.82) is 0 Å². The van der Waals surface area contributed by atoms with Crippen molar-refractivity contribution in [3.63, 3.8) is 0 Å². The number of rotatable bonds is 3. The van der Waals surface area contributed by atoms with Gasteiger partial charge in [0.25, 0.3) is 10.0 Å². The first-order valence-corrected chi connectivity index (χ1v) is 6.73. The van der Waals surface area contributed by atoms with Gasteiger partial charge in [0.1, 0.15) is 0 Å². The number of aryl methyl sites for hydroxylation is 1. The van der Waals surface area contributed by atoms with E-state index in [1.54, 1.807) is 12.1 Å². The number of imidazole rings is 1. The number of nitrogens with zero attached hydrogens (tertiary/aromatic N) is 2. The number of benzene rings is 1. The molecule has 1 aromatic carbocycles. The zero-order chi connectivity index (χ0) is 13.3. The normalized spacial score (nSPS) is 11.4. The second-order valence-corrected chi connectivity index (χ2v) is 5.74. The molecule has 0 bridgehead atoms. The first-order chi connectivity index (χ1) is 8.43. The van der Waals surface area contributed by atoms with Crippen LogP contribution in [0.2, 0.25) is 0 Å². The molecule has 0 unspecified atom stereocenters. The van der Waals surface area contributed by atoms with Crippen LogP contribution in [0.15, 0.2) is 41.6 Å². The number of hydrogen-bond acceptors (Lipinski definition) is 4. The number of ketones is 1. The van der Waals surface area contributed by atoms with Crippen LogP contribution < -0.4 is 0 Å².